The molecule has 0 fully saturated rings. The molecule has 7 aromatic carbocycles. The third-order valence-electron chi connectivity index (χ3n) is 7.02. The molecule has 0 nitrogen and oxygen atoms in total. The second-order valence-corrected chi connectivity index (χ2v) is 9.22. The molecule has 0 unspecified atom stereocenters. The van der Waals surface area contributed by atoms with Crippen LogP contribution in [0.25, 0.3) is 54.2 Å². The lowest BCUT2D eigenvalue weighted by atomic mass is 9.86. The maximum atomic E-state index is 3.61. The Labute approximate surface area is 210 Å². The van der Waals surface area contributed by atoms with Crippen molar-refractivity contribution in [2.24, 2.45) is 0 Å². The van der Waals surface area contributed by atoms with Crippen molar-refractivity contribution in [3.8, 4) is 23.0 Å². The van der Waals surface area contributed by atoms with Crippen molar-refractivity contribution in [2.75, 3.05) is 0 Å². The maximum Gasteiger partial charge on any atom is 0.0406 e. The normalized spacial score (nSPS) is 11.1. The van der Waals surface area contributed by atoms with Crippen molar-refractivity contribution in [3.63, 3.8) is 0 Å². The maximum absolute atomic E-state index is 3.61. The van der Waals surface area contributed by atoms with Crippen molar-refractivity contribution in [3.05, 3.63) is 145 Å². The fourth-order valence-corrected chi connectivity index (χ4v) is 5.30. The minimum atomic E-state index is 1.02. The van der Waals surface area contributed by atoms with E-state index in [1.165, 1.54) is 54.2 Å². The largest absolute Gasteiger partial charge is 0.0622 e. The molecule has 0 amide bonds. The molecule has 166 valence electrons. The minimum Gasteiger partial charge on any atom is -0.0622 e. The first-order valence-electron chi connectivity index (χ1n) is 12.3. The number of hydrogen-bond donors (Lipinski definition) is 0. The standard InChI is InChI=1S/C36H22/c1-3-11-25(12-4-1)19-20-31-32-21-27-15-7-9-17-29(27)23-34(32)36(26-13-5-2-6-14-26)35-24-30-18-10-8-16-28(30)22-33(31)35/h1-18,21-24H. The zero-order valence-corrected chi connectivity index (χ0v) is 19.7. The summed E-state index contributed by atoms with van der Waals surface area (Å²) in [5, 5.41) is 9.80. The molecule has 0 aliphatic carbocycles. The lowest BCUT2D eigenvalue weighted by Gasteiger charge is -2.17. The molecule has 0 bridgehead atoms. The van der Waals surface area contributed by atoms with Crippen molar-refractivity contribution >= 4 is 43.1 Å². The zero-order valence-electron chi connectivity index (χ0n) is 19.7. The first-order valence-corrected chi connectivity index (χ1v) is 12.3. The Morgan fingerprint density at radius 2 is 0.778 bits per heavy atom. The minimum absolute atomic E-state index is 1.02. The van der Waals surface area contributed by atoms with Crippen LogP contribution in [0, 0.1) is 11.8 Å². The third kappa shape index (κ3) is 3.42. The average Bonchev–Trinajstić information content (AvgIpc) is 2.94. The summed E-state index contributed by atoms with van der Waals surface area (Å²) in [7, 11) is 0. The SMILES string of the molecule is C(#Cc1c2cc3ccccc3cc2c(-c2ccccc2)c2cc3ccccc3cc12)c1ccccc1. The van der Waals surface area contributed by atoms with Crippen molar-refractivity contribution in [2.45, 2.75) is 0 Å². The molecule has 0 heterocycles. The van der Waals surface area contributed by atoms with E-state index in [4.69, 9.17) is 0 Å². The third-order valence-corrected chi connectivity index (χ3v) is 7.02. The molecule has 36 heavy (non-hydrogen) atoms. The Balaban J connectivity index is 1.71. The van der Waals surface area contributed by atoms with Crippen molar-refractivity contribution < 1.29 is 0 Å². The van der Waals surface area contributed by atoms with Gasteiger partial charge in [-0.15, -0.1) is 0 Å². The van der Waals surface area contributed by atoms with Crippen molar-refractivity contribution in [1.82, 2.24) is 0 Å². The summed E-state index contributed by atoms with van der Waals surface area (Å²) < 4.78 is 0. The van der Waals surface area contributed by atoms with E-state index in [1.54, 1.807) is 0 Å². The van der Waals surface area contributed by atoms with Gasteiger partial charge >= 0.3 is 0 Å². The first kappa shape index (κ1) is 20.5. The predicted molar refractivity (Wildman–Crippen MR) is 154 cm³/mol. The Kier molecular flexibility index (Phi) is 4.80. The molecule has 0 spiro atoms. The van der Waals surface area contributed by atoms with Gasteiger partial charge in [0.2, 0.25) is 0 Å². The van der Waals surface area contributed by atoms with Gasteiger partial charge in [0.05, 0.1) is 0 Å². The summed E-state index contributed by atoms with van der Waals surface area (Å²) >= 11 is 0. The van der Waals surface area contributed by atoms with Gasteiger partial charge in [-0.05, 0) is 90.6 Å². The van der Waals surface area contributed by atoms with Crippen LogP contribution < -0.4 is 0 Å². The van der Waals surface area contributed by atoms with Crippen LogP contribution >= 0.6 is 0 Å². The van der Waals surface area contributed by atoms with Crippen LogP contribution in [0.2, 0.25) is 0 Å². The molecule has 0 heteroatoms. The van der Waals surface area contributed by atoms with E-state index in [1.807, 2.05) is 18.2 Å². The van der Waals surface area contributed by atoms with E-state index in [-0.39, 0.29) is 0 Å². The van der Waals surface area contributed by atoms with E-state index in [9.17, 15) is 0 Å². The Morgan fingerprint density at radius 3 is 1.28 bits per heavy atom. The van der Waals surface area contributed by atoms with Gasteiger partial charge in [0.25, 0.3) is 0 Å². The Morgan fingerprint density at radius 1 is 0.361 bits per heavy atom. The zero-order chi connectivity index (χ0) is 23.9. The van der Waals surface area contributed by atoms with Gasteiger partial charge in [0.15, 0.2) is 0 Å². The number of hydrogen-bond acceptors (Lipinski definition) is 0. The smallest absolute Gasteiger partial charge is 0.0406 e. The molecule has 0 radical (unpaired) electrons. The highest BCUT2D eigenvalue weighted by Crippen LogP contribution is 2.42. The molecule has 0 aromatic heterocycles. The van der Waals surface area contributed by atoms with Gasteiger partial charge in [0.1, 0.15) is 0 Å². The Hall–Kier alpha value is -4.86. The highest BCUT2D eigenvalue weighted by Gasteiger charge is 2.16. The quantitative estimate of drug-likeness (QED) is 0.171. The monoisotopic (exact) mass is 454 g/mol. The molecule has 7 rings (SSSR count). The second-order valence-electron chi connectivity index (χ2n) is 9.22. The van der Waals surface area contributed by atoms with Gasteiger partial charge in [0, 0.05) is 11.1 Å². The second kappa shape index (κ2) is 8.42. The van der Waals surface area contributed by atoms with Gasteiger partial charge in [-0.2, -0.15) is 0 Å². The van der Waals surface area contributed by atoms with E-state index in [0.717, 1.165) is 11.1 Å². The van der Waals surface area contributed by atoms with E-state index in [2.05, 4.69) is 127 Å². The summed E-state index contributed by atoms with van der Waals surface area (Å²) in [5.41, 5.74) is 4.59. The van der Waals surface area contributed by atoms with Crippen LogP contribution in [0.1, 0.15) is 11.1 Å². The van der Waals surface area contributed by atoms with Crippen molar-refractivity contribution in [1.29, 1.82) is 0 Å². The fourth-order valence-electron chi connectivity index (χ4n) is 5.30. The average molecular weight is 455 g/mol. The van der Waals surface area contributed by atoms with E-state index in [0.29, 0.717) is 0 Å². The molecule has 0 saturated carbocycles. The summed E-state index contributed by atoms with van der Waals surface area (Å²) in [6, 6.07) is 47.6. The van der Waals surface area contributed by atoms with Crippen LogP contribution in [-0.4, -0.2) is 0 Å². The molecular weight excluding hydrogens is 432 g/mol. The summed E-state index contributed by atoms with van der Waals surface area (Å²) in [6.07, 6.45) is 0. The van der Waals surface area contributed by atoms with Crippen LogP contribution in [0.5, 0.6) is 0 Å². The van der Waals surface area contributed by atoms with E-state index < -0.39 is 0 Å². The highest BCUT2D eigenvalue weighted by molar-refractivity contribution is 6.21. The van der Waals surface area contributed by atoms with Crippen LogP contribution in [0.3, 0.4) is 0 Å². The topological polar surface area (TPSA) is 0 Å². The van der Waals surface area contributed by atoms with Gasteiger partial charge in [-0.1, -0.05) is 109 Å². The first-order chi connectivity index (χ1) is 17.8. The lowest BCUT2D eigenvalue weighted by Crippen LogP contribution is -1.92. The summed E-state index contributed by atoms with van der Waals surface area (Å²) in [5.74, 6) is 7.06. The molecule has 0 saturated heterocycles. The molecule has 0 atom stereocenters. The summed E-state index contributed by atoms with van der Waals surface area (Å²) in [6.45, 7) is 0. The molecule has 7 aromatic rings. The van der Waals surface area contributed by atoms with Gasteiger partial charge in [-0.25, -0.2) is 0 Å². The Bertz CT molecular complexity index is 1870. The van der Waals surface area contributed by atoms with Crippen LogP contribution in [0.15, 0.2) is 133 Å². The predicted octanol–water partition coefficient (Wildman–Crippen LogP) is 9.37. The summed E-state index contributed by atoms with van der Waals surface area (Å²) in [4.78, 5) is 0. The molecule has 0 N–H and O–H groups in total. The number of benzene rings is 7. The molecule has 0 aliphatic heterocycles. The van der Waals surface area contributed by atoms with Gasteiger partial charge in [-0.3, -0.25) is 0 Å². The number of fused-ring (bicyclic) bond motifs is 4. The number of rotatable bonds is 1. The van der Waals surface area contributed by atoms with Gasteiger partial charge < -0.3 is 0 Å². The lowest BCUT2D eigenvalue weighted by molar-refractivity contribution is 1.65. The fraction of sp³-hybridized carbons (Fsp3) is 0. The van der Waals surface area contributed by atoms with Crippen LogP contribution in [-0.2, 0) is 0 Å². The molecular formula is C36H22. The van der Waals surface area contributed by atoms with Crippen LogP contribution in [0.4, 0.5) is 0 Å². The van der Waals surface area contributed by atoms with E-state index >= 15 is 0 Å². The highest BCUT2D eigenvalue weighted by atomic mass is 14.2. The molecule has 0 aliphatic rings.